The van der Waals surface area contributed by atoms with Gasteiger partial charge in [0.2, 0.25) is 0 Å². The predicted molar refractivity (Wildman–Crippen MR) is 109 cm³/mol. The Morgan fingerprint density at radius 1 is 1.10 bits per heavy atom. The van der Waals surface area contributed by atoms with Crippen molar-refractivity contribution in [1.82, 2.24) is 0 Å². The molecule has 2 aromatic rings. The molecule has 2 heterocycles. The molecule has 0 saturated carbocycles. The molecule has 1 aliphatic rings. The minimum absolute atomic E-state index is 0.242. The average molecular weight is 418 g/mol. The zero-order chi connectivity index (χ0) is 21.3. The number of nitrogens with one attached hydrogen (secondary N) is 1. The fraction of sp³-hybridized carbons (Fsp3) is 0.429. The summed E-state index contributed by atoms with van der Waals surface area (Å²) in [6.07, 6.45) is 2.61. The van der Waals surface area contributed by atoms with Gasteiger partial charge < -0.3 is 33.6 Å². The molecule has 0 bridgehead atoms. The lowest BCUT2D eigenvalue weighted by Crippen LogP contribution is -2.36. The Labute approximate surface area is 174 Å². The molecule has 1 amide bonds. The third-order valence-electron chi connectivity index (χ3n) is 4.38. The van der Waals surface area contributed by atoms with E-state index in [1.807, 2.05) is 19.9 Å². The van der Waals surface area contributed by atoms with Crippen molar-refractivity contribution in [2.24, 2.45) is 0 Å². The second-order valence-corrected chi connectivity index (χ2v) is 6.42. The summed E-state index contributed by atoms with van der Waals surface area (Å²) in [6.45, 7) is 6.96. The van der Waals surface area contributed by atoms with Crippen molar-refractivity contribution in [3.05, 3.63) is 36.3 Å². The summed E-state index contributed by atoms with van der Waals surface area (Å²) in [5, 5.41) is 2.74. The molecular weight excluding hydrogens is 392 g/mol. The highest BCUT2D eigenvalue weighted by atomic mass is 16.5. The molecule has 0 aliphatic carbocycles. The summed E-state index contributed by atoms with van der Waals surface area (Å²) in [7, 11) is 0. The van der Waals surface area contributed by atoms with Crippen molar-refractivity contribution in [1.29, 1.82) is 0 Å². The van der Waals surface area contributed by atoms with Gasteiger partial charge in [-0.3, -0.25) is 4.79 Å². The predicted octanol–water partition coefficient (Wildman–Crippen LogP) is 2.71. The van der Waals surface area contributed by atoms with E-state index in [1.54, 1.807) is 6.07 Å². The zero-order valence-corrected chi connectivity index (χ0v) is 17.1. The van der Waals surface area contributed by atoms with Crippen LogP contribution in [0.25, 0.3) is 0 Å². The Hall–Kier alpha value is -3.20. The zero-order valence-electron chi connectivity index (χ0n) is 17.1. The van der Waals surface area contributed by atoms with E-state index in [1.165, 1.54) is 18.6 Å². The Morgan fingerprint density at radius 3 is 2.50 bits per heavy atom. The van der Waals surface area contributed by atoms with Crippen LogP contribution in [0, 0.1) is 0 Å². The number of furan rings is 1. The number of nitrogens with zero attached hydrogens (tertiary/aromatic N) is 1. The SMILES string of the molecule is CCOc1cc(N2CCOCC2)c(OCC)cc1NC(=O)COC(=O)c1ccoc1. The lowest BCUT2D eigenvalue weighted by atomic mass is 10.2. The summed E-state index contributed by atoms with van der Waals surface area (Å²) in [5.41, 5.74) is 1.57. The molecule has 162 valence electrons. The molecule has 1 fully saturated rings. The molecule has 9 heteroatoms. The summed E-state index contributed by atoms with van der Waals surface area (Å²) in [4.78, 5) is 26.4. The molecule has 9 nitrogen and oxygen atoms in total. The maximum absolute atomic E-state index is 12.4. The summed E-state index contributed by atoms with van der Waals surface area (Å²) in [5.74, 6) is 0.0153. The smallest absolute Gasteiger partial charge is 0.341 e. The third kappa shape index (κ3) is 5.44. The van der Waals surface area contributed by atoms with E-state index in [0.717, 1.165) is 18.8 Å². The highest BCUT2D eigenvalue weighted by Gasteiger charge is 2.21. The van der Waals surface area contributed by atoms with Crippen LogP contribution in [0.1, 0.15) is 24.2 Å². The van der Waals surface area contributed by atoms with E-state index in [-0.39, 0.29) is 5.56 Å². The van der Waals surface area contributed by atoms with Crippen molar-refractivity contribution in [3.63, 3.8) is 0 Å². The first-order valence-electron chi connectivity index (χ1n) is 9.87. The number of amides is 1. The maximum Gasteiger partial charge on any atom is 0.341 e. The molecule has 30 heavy (non-hydrogen) atoms. The third-order valence-corrected chi connectivity index (χ3v) is 4.38. The van der Waals surface area contributed by atoms with Gasteiger partial charge in [0.15, 0.2) is 6.61 Å². The van der Waals surface area contributed by atoms with Gasteiger partial charge in [0.1, 0.15) is 17.8 Å². The quantitative estimate of drug-likeness (QED) is 0.621. The van der Waals surface area contributed by atoms with E-state index < -0.39 is 18.5 Å². The van der Waals surface area contributed by atoms with Gasteiger partial charge in [0.05, 0.1) is 49.6 Å². The largest absolute Gasteiger partial charge is 0.492 e. The van der Waals surface area contributed by atoms with E-state index in [4.69, 9.17) is 23.4 Å². The lowest BCUT2D eigenvalue weighted by molar-refractivity contribution is -0.119. The summed E-state index contributed by atoms with van der Waals surface area (Å²) in [6, 6.07) is 5.05. The standard InChI is InChI=1S/C21H26N2O7/c1-3-28-18-12-17(23-6-9-26-10-7-23)19(29-4-2)11-16(18)22-20(24)14-30-21(25)15-5-8-27-13-15/h5,8,11-13H,3-4,6-7,9-10,14H2,1-2H3,(H,22,24). The molecule has 1 saturated heterocycles. The molecule has 3 rings (SSSR count). The van der Waals surface area contributed by atoms with Gasteiger partial charge in [-0.1, -0.05) is 0 Å². The van der Waals surface area contributed by atoms with Crippen molar-refractivity contribution in [2.45, 2.75) is 13.8 Å². The minimum Gasteiger partial charge on any atom is -0.492 e. The van der Waals surface area contributed by atoms with Crippen molar-refractivity contribution in [2.75, 3.05) is 56.3 Å². The van der Waals surface area contributed by atoms with Gasteiger partial charge in [-0.05, 0) is 19.9 Å². The Kier molecular flexibility index (Phi) is 7.56. The fourth-order valence-corrected chi connectivity index (χ4v) is 3.03. The van der Waals surface area contributed by atoms with E-state index in [2.05, 4.69) is 10.2 Å². The first kappa shape index (κ1) is 21.5. The molecule has 0 radical (unpaired) electrons. The van der Waals surface area contributed by atoms with Crippen LogP contribution in [0.4, 0.5) is 11.4 Å². The van der Waals surface area contributed by atoms with Crippen LogP contribution in [-0.2, 0) is 14.3 Å². The molecule has 0 unspecified atom stereocenters. The summed E-state index contributed by atoms with van der Waals surface area (Å²) < 4.78 is 26.8. The number of ether oxygens (including phenoxy) is 4. The fourth-order valence-electron chi connectivity index (χ4n) is 3.03. The van der Waals surface area contributed by atoms with Crippen LogP contribution in [0.5, 0.6) is 11.5 Å². The molecule has 1 aromatic heterocycles. The van der Waals surface area contributed by atoms with Gasteiger partial charge in [-0.2, -0.15) is 0 Å². The number of carbonyl (C=O) groups excluding carboxylic acids is 2. The van der Waals surface area contributed by atoms with Crippen LogP contribution < -0.4 is 19.7 Å². The van der Waals surface area contributed by atoms with Gasteiger partial charge in [-0.15, -0.1) is 0 Å². The van der Waals surface area contributed by atoms with Gasteiger partial charge in [0, 0.05) is 25.2 Å². The Balaban J connectivity index is 1.75. The molecule has 0 atom stereocenters. The minimum atomic E-state index is -0.637. The van der Waals surface area contributed by atoms with Gasteiger partial charge >= 0.3 is 5.97 Å². The van der Waals surface area contributed by atoms with Crippen LogP contribution >= 0.6 is 0 Å². The monoisotopic (exact) mass is 418 g/mol. The lowest BCUT2D eigenvalue weighted by Gasteiger charge is -2.31. The first-order chi connectivity index (χ1) is 14.6. The highest BCUT2D eigenvalue weighted by Crippen LogP contribution is 2.39. The van der Waals surface area contributed by atoms with E-state index in [9.17, 15) is 9.59 Å². The normalized spacial score (nSPS) is 13.6. The Bertz CT molecular complexity index is 845. The van der Waals surface area contributed by atoms with Crippen LogP contribution in [0.3, 0.4) is 0 Å². The summed E-state index contributed by atoms with van der Waals surface area (Å²) >= 11 is 0. The van der Waals surface area contributed by atoms with Crippen LogP contribution in [0.15, 0.2) is 35.1 Å². The average Bonchev–Trinajstić information content (AvgIpc) is 3.30. The molecule has 1 aliphatic heterocycles. The number of carbonyl (C=O) groups is 2. The highest BCUT2D eigenvalue weighted by molar-refractivity contribution is 5.96. The van der Waals surface area contributed by atoms with Crippen molar-refractivity contribution < 1.29 is 33.0 Å². The number of anilines is 2. The maximum atomic E-state index is 12.4. The van der Waals surface area contributed by atoms with Crippen LogP contribution in [-0.4, -0.2) is 58.0 Å². The van der Waals surface area contributed by atoms with Crippen molar-refractivity contribution in [3.8, 4) is 11.5 Å². The molecule has 1 aromatic carbocycles. The van der Waals surface area contributed by atoms with Gasteiger partial charge in [-0.25, -0.2) is 4.79 Å². The van der Waals surface area contributed by atoms with Gasteiger partial charge in [0.25, 0.3) is 5.91 Å². The number of morpholine rings is 1. The Morgan fingerprint density at radius 2 is 1.83 bits per heavy atom. The second kappa shape index (κ2) is 10.5. The first-order valence-corrected chi connectivity index (χ1v) is 9.87. The number of hydrogen-bond donors (Lipinski definition) is 1. The second-order valence-electron chi connectivity index (χ2n) is 6.42. The number of rotatable bonds is 9. The van der Waals surface area contributed by atoms with Crippen LogP contribution in [0.2, 0.25) is 0 Å². The molecule has 0 spiro atoms. The van der Waals surface area contributed by atoms with E-state index in [0.29, 0.717) is 43.6 Å². The van der Waals surface area contributed by atoms with Crippen molar-refractivity contribution >= 4 is 23.3 Å². The number of hydrogen-bond acceptors (Lipinski definition) is 8. The van der Waals surface area contributed by atoms with E-state index >= 15 is 0 Å². The number of benzene rings is 1. The molecular formula is C21H26N2O7. The number of esters is 1. The topological polar surface area (TPSA) is 99.5 Å². The molecule has 1 N–H and O–H groups in total.